The van der Waals surface area contributed by atoms with Gasteiger partial charge in [0.1, 0.15) is 11.6 Å². The maximum atomic E-state index is 14.1. The minimum Gasteiger partial charge on any atom is -0.313 e. The summed E-state index contributed by atoms with van der Waals surface area (Å²) in [6.45, 7) is 3.74. The van der Waals surface area contributed by atoms with E-state index in [9.17, 15) is 8.78 Å². The molecule has 2 rings (SSSR count). The zero-order valence-electron chi connectivity index (χ0n) is 10.6. The van der Waals surface area contributed by atoms with Crippen LogP contribution >= 0.6 is 0 Å². The molecule has 1 saturated carbocycles. The van der Waals surface area contributed by atoms with Gasteiger partial charge in [0.05, 0.1) is 0 Å². The van der Waals surface area contributed by atoms with Crippen LogP contribution in [0, 0.1) is 30.4 Å². The molecule has 0 saturated heterocycles. The zero-order valence-corrected chi connectivity index (χ0v) is 10.6. The fraction of sp³-hybridized carbons (Fsp3) is 0.571. The first kappa shape index (κ1) is 12.5. The van der Waals surface area contributed by atoms with Crippen molar-refractivity contribution >= 4 is 0 Å². The third kappa shape index (κ3) is 2.34. The molecule has 1 aromatic rings. The number of halogens is 2. The summed E-state index contributed by atoms with van der Waals surface area (Å²) in [6.07, 6.45) is 2.35. The summed E-state index contributed by atoms with van der Waals surface area (Å²) in [6, 6.07) is 2.61. The molecule has 0 radical (unpaired) electrons. The van der Waals surface area contributed by atoms with Gasteiger partial charge in [-0.25, -0.2) is 8.78 Å². The first-order chi connectivity index (χ1) is 8.06. The summed E-state index contributed by atoms with van der Waals surface area (Å²) in [5.74, 6) is 0.0226. The van der Waals surface area contributed by atoms with E-state index >= 15 is 0 Å². The predicted octanol–water partition coefficient (Wildman–Crippen LogP) is 3.58. The Morgan fingerprint density at radius 1 is 1.29 bits per heavy atom. The normalized spacial score (nSPS) is 19.1. The van der Waals surface area contributed by atoms with E-state index in [4.69, 9.17) is 0 Å². The van der Waals surface area contributed by atoms with Gasteiger partial charge in [-0.15, -0.1) is 0 Å². The highest BCUT2D eigenvalue weighted by atomic mass is 19.1. The highest BCUT2D eigenvalue weighted by molar-refractivity contribution is 5.30. The lowest BCUT2D eigenvalue weighted by Crippen LogP contribution is -2.27. The van der Waals surface area contributed by atoms with Crippen molar-refractivity contribution < 1.29 is 8.78 Å². The van der Waals surface area contributed by atoms with E-state index in [1.807, 2.05) is 0 Å². The maximum Gasteiger partial charge on any atom is 0.133 e. The molecule has 2 unspecified atom stereocenters. The van der Waals surface area contributed by atoms with Crippen molar-refractivity contribution in [3.8, 4) is 0 Å². The molecule has 0 bridgehead atoms. The van der Waals surface area contributed by atoms with Crippen LogP contribution in [0.1, 0.15) is 36.9 Å². The van der Waals surface area contributed by atoms with Crippen LogP contribution in [0.4, 0.5) is 8.78 Å². The molecule has 0 heterocycles. The van der Waals surface area contributed by atoms with Crippen molar-refractivity contribution in [1.82, 2.24) is 5.32 Å². The van der Waals surface area contributed by atoms with Crippen molar-refractivity contribution in [3.05, 3.63) is 34.9 Å². The first-order valence-corrected chi connectivity index (χ1v) is 6.18. The molecule has 1 aliphatic carbocycles. The molecule has 17 heavy (non-hydrogen) atoms. The van der Waals surface area contributed by atoms with Crippen LogP contribution in [0.3, 0.4) is 0 Å². The van der Waals surface area contributed by atoms with Crippen LogP contribution in [0.25, 0.3) is 0 Å². The van der Waals surface area contributed by atoms with Gasteiger partial charge in [0.15, 0.2) is 0 Å². The summed E-state index contributed by atoms with van der Waals surface area (Å²) in [5, 5.41) is 3.07. The Labute approximate surface area is 101 Å². The summed E-state index contributed by atoms with van der Waals surface area (Å²) >= 11 is 0. The van der Waals surface area contributed by atoms with Gasteiger partial charge >= 0.3 is 0 Å². The number of rotatable bonds is 4. The van der Waals surface area contributed by atoms with Crippen molar-refractivity contribution in [2.45, 2.75) is 32.7 Å². The minimum atomic E-state index is -0.444. The third-order valence-electron chi connectivity index (χ3n) is 3.83. The average Bonchev–Trinajstić information content (AvgIpc) is 3.13. The molecular weight excluding hydrogens is 220 g/mol. The van der Waals surface area contributed by atoms with Gasteiger partial charge in [0.25, 0.3) is 0 Å². The molecule has 94 valence electrons. The fourth-order valence-corrected chi connectivity index (χ4v) is 2.53. The van der Waals surface area contributed by atoms with E-state index in [0.29, 0.717) is 11.5 Å². The number of hydrogen-bond acceptors (Lipinski definition) is 1. The van der Waals surface area contributed by atoms with Crippen LogP contribution in [-0.4, -0.2) is 7.05 Å². The van der Waals surface area contributed by atoms with Gasteiger partial charge in [-0.05, 0) is 50.3 Å². The molecule has 0 spiro atoms. The van der Waals surface area contributed by atoms with Gasteiger partial charge in [-0.1, -0.05) is 13.0 Å². The molecule has 0 amide bonds. The number of nitrogens with one attached hydrogen (secondary N) is 1. The largest absolute Gasteiger partial charge is 0.313 e. The summed E-state index contributed by atoms with van der Waals surface area (Å²) in [4.78, 5) is 0. The van der Waals surface area contributed by atoms with E-state index in [2.05, 4.69) is 12.2 Å². The molecule has 1 aromatic carbocycles. The topological polar surface area (TPSA) is 12.0 Å². The average molecular weight is 239 g/mol. The van der Waals surface area contributed by atoms with Crippen molar-refractivity contribution in [1.29, 1.82) is 0 Å². The highest BCUT2D eigenvalue weighted by Gasteiger charge is 2.35. The Hall–Kier alpha value is -0.960. The predicted molar refractivity (Wildman–Crippen MR) is 64.8 cm³/mol. The van der Waals surface area contributed by atoms with Gasteiger partial charge in [-0.3, -0.25) is 0 Å². The smallest absolute Gasteiger partial charge is 0.133 e. The summed E-state index contributed by atoms with van der Waals surface area (Å²) in [5.41, 5.74) is 0.705. The van der Waals surface area contributed by atoms with Crippen molar-refractivity contribution in [2.24, 2.45) is 11.8 Å². The number of hydrogen-bond donors (Lipinski definition) is 1. The van der Waals surface area contributed by atoms with Crippen molar-refractivity contribution in [3.63, 3.8) is 0 Å². The molecule has 1 aliphatic rings. The Bertz CT molecular complexity index is 413. The lowest BCUT2D eigenvalue weighted by atomic mass is 9.89. The second kappa shape index (κ2) is 4.73. The molecular formula is C14H19F2N. The van der Waals surface area contributed by atoms with Crippen LogP contribution in [0.5, 0.6) is 0 Å². The molecule has 1 nitrogen and oxygen atoms in total. The van der Waals surface area contributed by atoms with Crippen LogP contribution in [0.2, 0.25) is 0 Å². The summed E-state index contributed by atoms with van der Waals surface area (Å²) < 4.78 is 27.9. The van der Waals surface area contributed by atoms with E-state index in [-0.39, 0.29) is 17.5 Å². The SMILES string of the molecule is CNC(c1c(F)ccc(C)c1F)C(C)C1CC1. The molecule has 2 atom stereocenters. The fourth-order valence-electron chi connectivity index (χ4n) is 2.53. The number of aryl methyl sites for hydroxylation is 1. The Morgan fingerprint density at radius 2 is 1.94 bits per heavy atom. The highest BCUT2D eigenvalue weighted by Crippen LogP contribution is 2.43. The Kier molecular flexibility index (Phi) is 3.48. The van der Waals surface area contributed by atoms with Gasteiger partial charge < -0.3 is 5.32 Å². The van der Waals surface area contributed by atoms with Crippen molar-refractivity contribution in [2.75, 3.05) is 7.05 Å². The lowest BCUT2D eigenvalue weighted by Gasteiger charge is -2.25. The summed E-state index contributed by atoms with van der Waals surface area (Å²) in [7, 11) is 1.77. The maximum absolute atomic E-state index is 14.1. The van der Waals surface area contributed by atoms with Gasteiger partial charge in [0, 0.05) is 11.6 Å². The molecule has 0 aromatic heterocycles. The standard InChI is InChI=1S/C14H19F2N/c1-8-4-7-11(15)12(13(8)16)14(17-3)9(2)10-5-6-10/h4,7,9-10,14,17H,5-6H2,1-3H3. The van der Waals surface area contributed by atoms with Crippen LogP contribution < -0.4 is 5.32 Å². The molecule has 3 heteroatoms. The van der Waals surface area contributed by atoms with E-state index in [1.54, 1.807) is 14.0 Å². The van der Waals surface area contributed by atoms with E-state index in [0.717, 1.165) is 0 Å². The van der Waals surface area contributed by atoms with Gasteiger partial charge in [-0.2, -0.15) is 0 Å². The second-order valence-electron chi connectivity index (χ2n) is 5.05. The quantitative estimate of drug-likeness (QED) is 0.846. The Balaban J connectivity index is 2.38. The zero-order chi connectivity index (χ0) is 12.6. The second-order valence-corrected chi connectivity index (χ2v) is 5.05. The van der Waals surface area contributed by atoms with Crippen LogP contribution in [0.15, 0.2) is 12.1 Å². The van der Waals surface area contributed by atoms with E-state index in [1.165, 1.54) is 25.0 Å². The third-order valence-corrected chi connectivity index (χ3v) is 3.83. The first-order valence-electron chi connectivity index (χ1n) is 6.18. The lowest BCUT2D eigenvalue weighted by molar-refractivity contribution is 0.346. The minimum absolute atomic E-state index is 0.201. The van der Waals surface area contributed by atoms with Crippen LogP contribution in [-0.2, 0) is 0 Å². The van der Waals surface area contributed by atoms with E-state index < -0.39 is 11.6 Å². The monoisotopic (exact) mass is 239 g/mol. The Morgan fingerprint density at radius 3 is 2.47 bits per heavy atom. The number of benzene rings is 1. The molecule has 1 N–H and O–H groups in total. The molecule has 1 fully saturated rings. The van der Waals surface area contributed by atoms with Gasteiger partial charge in [0.2, 0.25) is 0 Å². The molecule has 0 aliphatic heterocycles.